The van der Waals surface area contributed by atoms with Crippen LogP contribution in [-0.2, 0) is 0 Å². The van der Waals surface area contributed by atoms with E-state index in [0.717, 1.165) is 11.1 Å². The summed E-state index contributed by atoms with van der Waals surface area (Å²) in [6, 6.07) is 19.8. The van der Waals surface area contributed by atoms with Crippen molar-refractivity contribution in [3.05, 3.63) is 93.7 Å². The first-order chi connectivity index (χ1) is 17.3. The zero-order valence-electron chi connectivity index (χ0n) is 19.2. The number of fused-ring (bicyclic) bond motifs is 1. The van der Waals surface area contributed by atoms with Gasteiger partial charge in [-0.3, -0.25) is 10.1 Å². The Bertz CT molecular complexity index is 1640. The molecule has 0 aliphatic rings. The summed E-state index contributed by atoms with van der Waals surface area (Å²) in [4.78, 5) is 17.2. The summed E-state index contributed by atoms with van der Waals surface area (Å²) in [6.45, 7) is 4.08. The van der Waals surface area contributed by atoms with Crippen LogP contribution < -0.4 is 10.6 Å². The van der Waals surface area contributed by atoms with Crippen LogP contribution in [0.2, 0.25) is 10.0 Å². The number of amides is 1. The summed E-state index contributed by atoms with van der Waals surface area (Å²) in [5, 5.41) is 6.71. The number of halogens is 2. The maximum absolute atomic E-state index is 12.7. The maximum Gasteiger partial charge on any atom is 0.293 e. The lowest BCUT2D eigenvalue weighted by Gasteiger charge is -2.08. The first-order valence-electron chi connectivity index (χ1n) is 10.9. The van der Waals surface area contributed by atoms with Gasteiger partial charge in [0.1, 0.15) is 11.3 Å². The molecule has 6 nitrogen and oxygen atoms in total. The van der Waals surface area contributed by atoms with Crippen molar-refractivity contribution >= 4 is 63.2 Å². The van der Waals surface area contributed by atoms with Crippen molar-refractivity contribution in [3.63, 3.8) is 0 Å². The van der Waals surface area contributed by atoms with Gasteiger partial charge >= 0.3 is 0 Å². The highest BCUT2D eigenvalue weighted by molar-refractivity contribution is 7.80. The highest BCUT2D eigenvalue weighted by atomic mass is 35.5. The minimum absolute atomic E-state index is 0.118. The van der Waals surface area contributed by atoms with Crippen LogP contribution in [0.1, 0.15) is 21.7 Å². The third-order valence-electron chi connectivity index (χ3n) is 5.66. The number of rotatable bonds is 4. The molecule has 180 valence electrons. The Hall–Kier alpha value is -3.65. The number of aryl methyl sites for hydroxylation is 2. The Morgan fingerprint density at radius 1 is 0.917 bits per heavy atom. The third-order valence-corrected chi connectivity index (χ3v) is 6.41. The van der Waals surface area contributed by atoms with Gasteiger partial charge in [0.2, 0.25) is 5.89 Å². The highest BCUT2D eigenvalue weighted by Gasteiger charge is 2.16. The molecule has 0 aliphatic heterocycles. The van der Waals surface area contributed by atoms with Gasteiger partial charge in [-0.1, -0.05) is 35.3 Å². The Kier molecular flexibility index (Phi) is 6.53. The molecule has 0 unspecified atom stereocenters. The van der Waals surface area contributed by atoms with Crippen molar-refractivity contribution in [2.45, 2.75) is 13.8 Å². The molecule has 0 spiro atoms. The number of hydrogen-bond donors (Lipinski definition) is 2. The van der Waals surface area contributed by atoms with Gasteiger partial charge in [-0.05, 0) is 91.8 Å². The van der Waals surface area contributed by atoms with Crippen LogP contribution in [0.15, 0.2) is 75.6 Å². The second kappa shape index (κ2) is 9.78. The van der Waals surface area contributed by atoms with Gasteiger partial charge in [0.25, 0.3) is 5.91 Å². The normalized spacial score (nSPS) is 11.0. The number of anilines is 1. The van der Waals surface area contributed by atoms with Crippen molar-refractivity contribution in [2.24, 2.45) is 0 Å². The first-order valence-corrected chi connectivity index (χ1v) is 12.1. The predicted molar refractivity (Wildman–Crippen MR) is 147 cm³/mol. The summed E-state index contributed by atoms with van der Waals surface area (Å²) < 4.78 is 11.6. The zero-order valence-corrected chi connectivity index (χ0v) is 21.5. The standard InChI is InChI=1S/C27H19Cl2N3O3S/c1-14-3-4-16(11-15(14)2)22-9-10-24(34-22)25(33)32-27(36)30-18-6-8-23-21(13-18)31-26(35-23)19-7-5-17(28)12-20(19)29/h3-13H,1-2H3,(H2,30,32,33,36). The molecule has 2 aromatic heterocycles. The van der Waals surface area contributed by atoms with Gasteiger partial charge < -0.3 is 14.2 Å². The average molecular weight is 536 g/mol. The third kappa shape index (κ3) is 4.99. The van der Waals surface area contributed by atoms with Crippen LogP contribution in [0.5, 0.6) is 0 Å². The quantitative estimate of drug-likeness (QED) is 0.228. The van der Waals surface area contributed by atoms with Crippen LogP contribution in [0.4, 0.5) is 5.69 Å². The SMILES string of the molecule is Cc1ccc(-c2ccc(C(=O)NC(=S)Nc3ccc4oc(-c5ccc(Cl)cc5Cl)nc4c3)o2)cc1C. The maximum atomic E-state index is 12.7. The van der Waals surface area contributed by atoms with Crippen LogP contribution in [-0.4, -0.2) is 16.0 Å². The molecule has 36 heavy (non-hydrogen) atoms. The Balaban J connectivity index is 1.27. The van der Waals surface area contributed by atoms with Crippen molar-refractivity contribution < 1.29 is 13.6 Å². The second-order valence-corrected chi connectivity index (χ2v) is 9.45. The molecule has 2 N–H and O–H groups in total. The van der Waals surface area contributed by atoms with E-state index < -0.39 is 5.91 Å². The van der Waals surface area contributed by atoms with Crippen LogP contribution in [0.25, 0.3) is 33.9 Å². The fourth-order valence-electron chi connectivity index (χ4n) is 3.62. The fraction of sp³-hybridized carbons (Fsp3) is 0.0741. The number of aromatic nitrogens is 1. The van der Waals surface area contributed by atoms with E-state index >= 15 is 0 Å². The van der Waals surface area contributed by atoms with Crippen LogP contribution in [0, 0.1) is 13.8 Å². The smallest absolute Gasteiger partial charge is 0.293 e. The summed E-state index contributed by atoms with van der Waals surface area (Å²) in [5.41, 5.74) is 5.67. The number of oxazole rings is 1. The number of carbonyl (C=O) groups is 1. The first kappa shape index (κ1) is 24.1. The van der Waals surface area contributed by atoms with E-state index in [0.29, 0.717) is 44.0 Å². The second-order valence-electron chi connectivity index (χ2n) is 8.20. The van der Waals surface area contributed by atoms with E-state index in [4.69, 9.17) is 44.3 Å². The number of carbonyl (C=O) groups excluding carboxylic acids is 1. The van der Waals surface area contributed by atoms with Crippen molar-refractivity contribution in [1.82, 2.24) is 10.3 Å². The molecule has 9 heteroatoms. The van der Waals surface area contributed by atoms with E-state index in [1.54, 1.807) is 48.5 Å². The molecule has 0 saturated heterocycles. The number of nitrogens with one attached hydrogen (secondary N) is 2. The van der Waals surface area contributed by atoms with E-state index in [2.05, 4.69) is 15.6 Å². The molecule has 0 aliphatic carbocycles. The number of benzene rings is 3. The van der Waals surface area contributed by atoms with Crippen molar-refractivity contribution in [2.75, 3.05) is 5.32 Å². The van der Waals surface area contributed by atoms with E-state index in [1.165, 1.54) is 5.56 Å². The molecule has 0 radical (unpaired) electrons. The molecule has 1 amide bonds. The lowest BCUT2D eigenvalue weighted by atomic mass is 10.1. The number of furan rings is 1. The molecule has 5 aromatic rings. The average Bonchev–Trinajstić information content (AvgIpc) is 3.48. The van der Waals surface area contributed by atoms with Gasteiger partial charge in [0.15, 0.2) is 16.5 Å². The van der Waals surface area contributed by atoms with Gasteiger partial charge in [-0.25, -0.2) is 4.98 Å². The summed E-state index contributed by atoms with van der Waals surface area (Å²) in [5.74, 6) is 0.681. The number of thiocarbonyl (C=S) groups is 1. The van der Waals surface area contributed by atoms with Gasteiger partial charge in [-0.2, -0.15) is 0 Å². The highest BCUT2D eigenvalue weighted by Crippen LogP contribution is 2.32. The van der Waals surface area contributed by atoms with Gasteiger partial charge in [-0.15, -0.1) is 0 Å². The minimum Gasteiger partial charge on any atom is -0.451 e. The summed E-state index contributed by atoms with van der Waals surface area (Å²) in [7, 11) is 0. The van der Waals surface area contributed by atoms with Crippen molar-refractivity contribution in [1.29, 1.82) is 0 Å². The summed E-state index contributed by atoms with van der Waals surface area (Å²) in [6.07, 6.45) is 0. The van der Waals surface area contributed by atoms with Crippen LogP contribution in [0.3, 0.4) is 0 Å². The molecule has 0 bridgehead atoms. The molecule has 3 aromatic carbocycles. The predicted octanol–water partition coefficient (Wildman–Crippen LogP) is 7.81. The van der Waals surface area contributed by atoms with Gasteiger partial charge in [0, 0.05) is 16.3 Å². The molecular formula is C27H19Cl2N3O3S. The lowest BCUT2D eigenvalue weighted by Crippen LogP contribution is -2.33. The number of nitrogens with zero attached hydrogens (tertiary/aromatic N) is 1. The number of hydrogen-bond acceptors (Lipinski definition) is 5. The monoisotopic (exact) mass is 535 g/mol. The molecule has 5 rings (SSSR count). The molecule has 0 fully saturated rings. The van der Waals surface area contributed by atoms with Gasteiger partial charge in [0.05, 0.1) is 10.6 Å². The largest absolute Gasteiger partial charge is 0.451 e. The Labute approximate surface area is 222 Å². The van der Waals surface area contributed by atoms with E-state index in [-0.39, 0.29) is 10.9 Å². The topological polar surface area (TPSA) is 80.3 Å². The van der Waals surface area contributed by atoms with Crippen LogP contribution >= 0.6 is 35.4 Å². The van der Waals surface area contributed by atoms with Crippen molar-refractivity contribution in [3.8, 4) is 22.8 Å². The Morgan fingerprint density at radius 3 is 2.53 bits per heavy atom. The van der Waals surface area contributed by atoms with E-state index in [1.807, 2.05) is 32.0 Å². The van der Waals surface area contributed by atoms with E-state index in [9.17, 15) is 4.79 Å². The molecule has 0 saturated carbocycles. The lowest BCUT2D eigenvalue weighted by molar-refractivity contribution is 0.0951. The zero-order chi connectivity index (χ0) is 25.4. The molecular weight excluding hydrogens is 517 g/mol. The minimum atomic E-state index is -0.454. The molecule has 2 heterocycles. The Morgan fingerprint density at radius 2 is 1.75 bits per heavy atom. The fourth-order valence-corrected chi connectivity index (χ4v) is 4.32. The summed E-state index contributed by atoms with van der Waals surface area (Å²) >= 11 is 17.6. The molecule has 0 atom stereocenters.